The van der Waals surface area contributed by atoms with Crippen molar-refractivity contribution in [1.29, 1.82) is 0 Å². The second kappa shape index (κ2) is 9.75. The first-order valence-electron chi connectivity index (χ1n) is 11.9. The zero-order valence-electron chi connectivity index (χ0n) is 19.6. The van der Waals surface area contributed by atoms with Gasteiger partial charge in [-0.05, 0) is 60.8 Å². The molecule has 3 aromatic rings. The van der Waals surface area contributed by atoms with Crippen LogP contribution in [0.25, 0.3) is 0 Å². The van der Waals surface area contributed by atoms with Gasteiger partial charge in [-0.15, -0.1) is 0 Å². The van der Waals surface area contributed by atoms with Gasteiger partial charge < -0.3 is 11.1 Å². The van der Waals surface area contributed by atoms with E-state index < -0.39 is 0 Å². The summed E-state index contributed by atoms with van der Waals surface area (Å²) in [7, 11) is 0. The van der Waals surface area contributed by atoms with Crippen molar-refractivity contribution in [1.82, 2.24) is 9.80 Å². The average Bonchev–Trinajstić information content (AvgIpc) is 3.44. The van der Waals surface area contributed by atoms with E-state index in [0.29, 0.717) is 34.5 Å². The predicted octanol–water partition coefficient (Wildman–Crippen LogP) is 3.18. The second-order valence-corrected chi connectivity index (χ2v) is 9.08. The lowest BCUT2D eigenvalue weighted by Crippen LogP contribution is -2.39. The molecule has 3 N–H and O–H groups in total. The maximum atomic E-state index is 13.1. The SMILES string of the molecule is NC(=O)C1CCCN1Cc1ccccc1NC(=O)c1cccc(CN2C(=O)c3ccccc3C2=O)c1. The van der Waals surface area contributed by atoms with Crippen molar-refractivity contribution in [3.05, 3.63) is 101 Å². The Kier molecular flexibility index (Phi) is 6.35. The van der Waals surface area contributed by atoms with Crippen LogP contribution in [-0.4, -0.2) is 46.0 Å². The van der Waals surface area contributed by atoms with Gasteiger partial charge in [0.2, 0.25) is 5.91 Å². The summed E-state index contributed by atoms with van der Waals surface area (Å²) in [5.74, 6) is -1.31. The van der Waals surface area contributed by atoms with Crippen LogP contribution in [0.4, 0.5) is 5.69 Å². The number of carbonyl (C=O) groups excluding carboxylic acids is 4. The van der Waals surface area contributed by atoms with Gasteiger partial charge in [-0.2, -0.15) is 0 Å². The molecule has 2 aliphatic heterocycles. The fraction of sp³-hybridized carbons (Fsp3) is 0.214. The van der Waals surface area contributed by atoms with Gasteiger partial charge in [0.25, 0.3) is 17.7 Å². The molecule has 0 aliphatic carbocycles. The van der Waals surface area contributed by atoms with Crippen LogP contribution in [0.2, 0.25) is 0 Å². The summed E-state index contributed by atoms with van der Waals surface area (Å²) in [6.45, 7) is 1.35. The first-order chi connectivity index (χ1) is 17.4. The Morgan fingerprint density at radius 2 is 1.58 bits per heavy atom. The highest BCUT2D eigenvalue weighted by Crippen LogP contribution is 2.26. The fourth-order valence-corrected chi connectivity index (χ4v) is 4.91. The first-order valence-corrected chi connectivity index (χ1v) is 11.9. The summed E-state index contributed by atoms with van der Waals surface area (Å²) in [6.07, 6.45) is 1.64. The van der Waals surface area contributed by atoms with Crippen molar-refractivity contribution in [2.24, 2.45) is 5.73 Å². The summed E-state index contributed by atoms with van der Waals surface area (Å²) in [5, 5.41) is 2.97. The lowest BCUT2D eigenvalue weighted by molar-refractivity contribution is -0.122. The molecule has 3 aromatic carbocycles. The van der Waals surface area contributed by atoms with E-state index in [1.54, 1.807) is 48.5 Å². The molecule has 1 atom stereocenters. The number of carbonyl (C=O) groups is 4. The van der Waals surface area contributed by atoms with Gasteiger partial charge in [0.05, 0.1) is 23.7 Å². The molecule has 2 heterocycles. The van der Waals surface area contributed by atoms with E-state index in [2.05, 4.69) is 5.32 Å². The number of primary amides is 1. The molecule has 8 heteroatoms. The summed E-state index contributed by atoms with van der Waals surface area (Å²) in [4.78, 5) is 53.6. The molecule has 0 aromatic heterocycles. The standard InChI is InChI=1S/C28H26N4O4/c29-25(33)24-13-6-14-31(24)17-20-8-1-4-12-23(20)30-26(34)19-9-5-7-18(15-19)16-32-27(35)21-10-2-3-11-22(21)28(32)36/h1-5,7-12,15,24H,6,13-14,16-17H2,(H2,29,33)(H,30,34). The van der Waals surface area contributed by atoms with Crippen LogP contribution in [-0.2, 0) is 17.9 Å². The Bertz CT molecular complexity index is 1330. The van der Waals surface area contributed by atoms with Gasteiger partial charge in [-0.1, -0.05) is 42.5 Å². The number of hydrogen-bond donors (Lipinski definition) is 2. The highest BCUT2D eigenvalue weighted by Gasteiger charge is 2.35. The van der Waals surface area contributed by atoms with E-state index in [1.807, 2.05) is 29.2 Å². The van der Waals surface area contributed by atoms with Crippen molar-refractivity contribution in [2.75, 3.05) is 11.9 Å². The van der Waals surface area contributed by atoms with E-state index in [1.165, 1.54) is 4.90 Å². The van der Waals surface area contributed by atoms with Crippen molar-refractivity contribution >= 4 is 29.3 Å². The first kappa shape index (κ1) is 23.4. The summed E-state index contributed by atoms with van der Waals surface area (Å²) >= 11 is 0. The largest absolute Gasteiger partial charge is 0.368 e. The van der Waals surface area contributed by atoms with Crippen LogP contribution in [0.3, 0.4) is 0 Å². The molecule has 2 aliphatic rings. The van der Waals surface area contributed by atoms with Gasteiger partial charge in [0, 0.05) is 17.8 Å². The maximum Gasteiger partial charge on any atom is 0.261 e. The normalized spacial score (nSPS) is 17.3. The molecule has 0 bridgehead atoms. The number of imide groups is 1. The number of nitrogens with one attached hydrogen (secondary N) is 1. The average molecular weight is 483 g/mol. The molecular formula is C28H26N4O4. The highest BCUT2D eigenvalue weighted by atomic mass is 16.2. The Labute approximate surface area is 208 Å². The molecule has 0 saturated carbocycles. The number of para-hydroxylation sites is 1. The van der Waals surface area contributed by atoms with Crippen molar-refractivity contribution < 1.29 is 19.2 Å². The molecule has 0 spiro atoms. The number of fused-ring (bicyclic) bond motifs is 1. The zero-order valence-corrected chi connectivity index (χ0v) is 19.6. The van der Waals surface area contributed by atoms with Crippen molar-refractivity contribution in [3.63, 3.8) is 0 Å². The van der Waals surface area contributed by atoms with Crippen LogP contribution >= 0.6 is 0 Å². The maximum absolute atomic E-state index is 13.1. The van der Waals surface area contributed by atoms with E-state index in [4.69, 9.17) is 5.73 Å². The molecule has 1 fully saturated rings. The van der Waals surface area contributed by atoms with E-state index in [0.717, 1.165) is 24.9 Å². The summed E-state index contributed by atoms with van der Waals surface area (Å²) < 4.78 is 0. The second-order valence-electron chi connectivity index (χ2n) is 9.08. The van der Waals surface area contributed by atoms with Crippen molar-refractivity contribution in [2.45, 2.75) is 32.0 Å². The predicted molar refractivity (Wildman–Crippen MR) is 134 cm³/mol. The van der Waals surface area contributed by atoms with Gasteiger partial charge in [-0.25, -0.2) is 0 Å². The number of rotatable bonds is 7. The smallest absolute Gasteiger partial charge is 0.261 e. The molecule has 8 nitrogen and oxygen atoms in total. The molecule has 1 saturated heterocycles. The van der Waals surface area contributed by atoms with Crippen LogP contribution in [0.1, 0.15) is 55.0 Å². The molecular weight excluding hydrogens is 456 g/mol. The Morgan fingerprint density at radius 3 is 2.31 bits per heavy atom. The minimum Gasteiger partial charge on any atom is -0.368 e. The lowest BCUT2D eigenvalue weighted by Gasteiger charge is -2.23. The summed E-state index contributed by atoms with van der Waals surface area (Å²) in [5.41, 5.74) is 8.97. The Hall–Kier alpha value is -4.30. The van der Waals surface area contributed by atoms with Crippen LogP contribution < -0.4 is 11.1 Å². The van der Waals surface area contributed by atoms with Gasteiger partial charge in [0.1, 0.15) is 0 Å². The van der Waals surface area contributed by atoms with E-state index in [9.17, 15) is 19.2 Å². The van der Waals surface area contributed by atoms with Crippen LogP contribution in [0, 0.1) is 0 Å². The topological polar surface area (TPSA) is 113 Å². The van der Waals surface area contributed by atoms with Gasteiger partial charge in [-0.3, -0.25) is 29.0 Å². The number of anilines is 1. The monoisotopic (exact) mass is 482 g/mol. The zero-order chi connectivity index (χ0) is 25.2. The molecule has 182 valence electrons. The molecule has 1 unspecified atom stereocenters. The molecule has 4 amide bonds. The molecule has 5 rings (SSSR count). The van der Waals surface area contributed by atoms with E-state index in [-0.39, 0.29) is 36.2 Å². The fourth-order valence-electron chi connectivity index (χ4n) is 4.91. The number of likely N-dealkylation sites (tertiary alicyclic amines) is 1. The number of amides is 4. The third-order valence-corrected chi connectivity index (χ3v) is 6.74. The minimum absolute atomic E-state index is 0.0769. The number of nitrogens with zero attached hydrogens (tertiary/aromatic N) is 2. The number of hydrogen-bond acceptors (Lipinski definition) is 5. The van der Waals surface area contributed by atoms with E-state index >= 15 is 0 Å². The quantitative estimate of drug-likeness (QED) is 0.502. The van der Waals surface area contributed by atoms with Crippen molar-refractivity contribution in [3.8, 4) is 0 Å². The van der Waals surface area contributed by atoms with Crippen LogP contribution in [0.5, 0.6) is 0 Å². The third kappa shape index (κ3) is 4.50. The number of nitrogens with two attached hydrogens (primary N) is 1. The number of benzene rings is 3. The lowest BCUT2D eigenvalue weighted by atomic mass is 10.1. The minimum atomic E-state index is -0.337. The third-order valence-electron chi connectivity index (χ3n) is 6.74. The Balaban J connectivity index is 1.30. The highest BCUT2D eigenvalue weighted by molar-refractivity contribution is 6.21. The molecule has 0 radical (unpaired) electrons. The molecule has 36 heavy (non-hydrogen) atoms. The Morgan fingerprint density at radius 1 is 0.889 bits per heavy atom. The van der Waals surface area contributed by atoms with Gasteiger partial charge in [0.15, 0.2) is 0 Å². The summed E-state index contributed by atoms with van der Waals surface area (Å²) in [6, 6.07) is 20.8. The van der Waals surface area contributed by atoms with Gasteiger partial charge >= 0.3 is 0 Å². The van der Waals surface area contributed by atoms with Crippen LogP contribution in [0.15, 0.2) is 72.8 Å².